The van der Waals surface area contributed by atoms with Crippen molar-refractivity contribution >= 4 is 87.2 Å². The highest BCUT2D eigenvalue weighted by Gasteiger charge is 2.29. The number of aromatic nitrogens is 4. The molecule has 124 heavy (non-hydrogen) atoms. The molecule has 0 aliphatic rings. The lowest BCUT2D eigenvalue weighted by Gasteiger charge is -2.20. The molecule has 0 atom stereocenters. The molecular formula is C108H50N16. The van der Waals surface area contributed by atoms with Gasteiger partial charge in [0.05, 0.1) is 206 Å². The van der Waals surface area contributed by atoms with Crippen molar-refractivity contribution in [2.45, 2.75) is 0 Å². The molecule has 0 fully saturated rings. The normalized spacial score (nSPS) is 11.0. The third-order valence-corrected chi connectivity index (χ3v) is 23.6. The Labute approximate surface area is 707 Å². The summed E-state index contributed by atoms with van der Waals surface area (Å²) in [6.07, 6.45) is 0. The quantitative estimate of drug-likeness (QED) is 0.117. The first-order valence-electron chi connectivity index (χ1n) is 39.1. The van der Waals surface area contributed by atoms with Crippen LogP contribution in [0.5, 0.6) is 0 Å². The van der Waals surface area contributed by atoms with Gasteiger partial charge in [-0.15, -0.1) is 0 Å². The van der Waals surface area contributed by atoms with Crippen molar-refractivity contribution in [1.82, 2.24) is 18.3 Å². The zero-order valence-corrected chi connectivity index (χ0v) is 65.0. The van der Waals surface area contributed by atoms with E-state index in [0.717, 1.165) is 76.2 Å². The maximum Gasteiger partial charge on any atom is 0.0998 e. The molecule has 0 radical (unpaired) electrons. The first kappa shape index (κ1) is 73.5. The van der Waals surface area contributed by atoms with Gasteiger partial charge < -0.3 is 18.3 Å². The molecule has 0 aliphatic carbocycles. The minimum Gasteiger partial charge on any atom is -0.307 e. The Hall–Kier alpha value is -19.4. The Morgan fingerprint density at radius 3 is 0.847 bits per heavy atom. The summed E-state index contributed by atoms with van der Waals surface area (Å²) in [4.78, 5) is 0. The lowest BCUT2D eigenvalue weighted by molar-refractivity contribution is 1.09. The first-order valence-corrected chi connectivity index (χ1v) is 39.1. The zero-order valence-electron chi connectivity index (χ0n) is 65.0. The van der Waals surface area contributed by atoms with Crippen LogP contribution in [0.25, 0.3) is 188 Å². The third-order valence-electron chi connectivity index (χ3n) is 23.6. The fourth-order valence-electron chi connectivity index (χ4n) is 18.1. The van der Waals surface area contributed by atoms with E-state index in [1.165, 1.54) is 0 Å². The van der Waals surface area contributed by atoms with Gasteiger partial charge in [0.1, 0.15) is 0 Å². The number of hydrogen-bond acceptors (Lipinski definition) is 12. The number of fused-ring (bicyclic) bond motifs is 12. The van der Waals surface area contributed by atoms with Gasteiger partial charge in [0.15, 0.2) is 0 Å². The second kappa shape index (κ2) is 29.4. The highest BCUT2D eigenvalue weighted by molar-refractivity contribution is 6.17. The van der Waals surface area contributed by atoms with Crippen molar-refractivity contribution in [2.24, 2.45) is 0 Å². The summed E-state index contributed by atoms with van der Waals surface area (Å²) in [6, 6.07) is 122. The van der Waals surface area contributed by atoms with Crippen LogP contribution < -0.4 is 0 Å². The second-order valence-electron chi connectivity index (χ2n) is 30.1. The molecule has 562 valence electrons. The van der Waals surface area contributed by atoms with Crippen molar-refractivity contribution in [3.63, 3.8) is 0 Å². The maximum atomic E-state index is 11.8. The molecule has 0 saturated heterocycles. The fourth-order valence-corrected chi connectivity index (χ4v) is 18.1. The van der Waals surface area contributed by atoms with Crippen molar-refractivity contribution < 1.29 is 0 Å². The molecule has 0 spiro atoms. The van der Waals surface area contributed by atoms with E-state index < -0.39 is 0 Å². The van der Waals surface area contributed by atoms with Crippen LogP contribution in [-0.2, 0) is 0 Å². The predicted molar refractivity (Wildman–Crippen MR) is 478 cm³/mol. The number of nitriles is 12. The van der Waals surface area contributed by atoms with Crippen molar-refractivity contribution in [2.75, 3.05) is 0 Å². The van der Waals surface area contributed by atoms with E-state index in [1.807, 2.05) is 188 Å². The fraction of sp³-hybridized carbons (Fsp3) is 0. The summed E-state index contributed by atoms with van der Waals surface area (Å²) in [6.45, 7) is 0. The van der Waals surface area contributed by atoms with Crippen LogP contribution in [0.4, 0.5) is 0 Å². The monoisotopic (exact) mass is 1570 g/mol. The number of para-hydroxylation sites is 3. The smallest absolute Gasteiger partial charge is 0.0998 e. The molecule has 16 aromatic carbocycles. The van der Waals surface area contributed by atoms with E-state index in [-0.39, 0.29) is 22.3 Å². The number of hydrogen-bond donors (Lipinski definition) is 0. The zero-order chi connectivity index (χ0) is 84.7. The number of benzene rings is 16. The molecule has 16 nitrogen and oxygen atoms in total. The summed E-state index contributed by atoms with van der Waals surface area (Å²) >= 11 is 0. The number of rotatable bonds is 11. The molecule has 16 heteroatoms. The largest absolute Gasteiger partial charge is 0.307 e. The van der Waals surface area contributed by atoms with Crippen LogP contribution in [0.2, 0.25) is 0 Å². The molecule has 4 aromatic heterocycles. The van der Waals surface area contributed by atoms with Crippen LogP contribution >= 0.6 is 0 Å². The Morgan fingerprint density at radius 2 is 0.444 bits per heavy atom. The van der Waals surface area contributed by atoms with Gasteiger partial charge in [-0.25, -0.2) is 0 Å². The molecule has 20 aromatic rings. The standard InChI is InChI=1S/C108H50N16/c109-51-63-9-7-11-69(35-63)91-49-106(121-98-18-6-3-15-87(98)94-42-71(25-33-99(94)121)82-27-19-65(53-111)37-76(82)57-115)104(47-79(91)60-118)124-100-34-26-72(83-28-20-66(54-112)38-77(83)58-116)43-95(100)90-31-23-74(45-102(90)124)93-41-68(56-114)40-81(62-120)108(93)75-24-32-89-86-14-2-5-17-97(86)123(103(89)46-75)107-50-92(70-12-8-10-64(36-70)52-110)80(61-119)48-105(107)122-96-16-4-1-13-85(96)88-30-22-73(44-101(88)122)84-29-21-67(55-113)39-78(84)59-117/h1-50H. The Kier molecular flexibility index (Phi) is 17.4. The van der Waals surface area contributed by atoms with Gasteiger partial charge in [-0.1, -0.05) is 146 Å². The molecule has 0 amide bonds. The van der Waals surface area contributed by atoms with Crippen molar-refractivity contribution in [3.05, 3.63) is 370 Å². The van der Waals surface area contributed by atoms with E-state index in [2.05, 4.69) is 103 Å². The lowest BCUT2D eigenvalue weighted by Crippen LogP contribution is -2.06. The van der Waals surface area contributed by atoms with Crippen LogP contribution in [-0.4, -0.2) is 18.3 Å². The van der Waals surface area contributed by atoms with Crippen LogP contribution in [0.15, 0.2) is 303 Å². The van der Waals surface area contributed by atoms with Gasteiger partial charge in [0.25, 0.3) is 0 Å². The molecule has 0 unspecified atom stereocenters. The van der Waals surface area contributed by atoms with Gasteiger partial charge in [0, 0.05) is 59.8 Å². The van der Waals surface area contributed by atoms with Crippen LogP contribution in [0.3, 0.4) is 0 Å². The molecule has 0 N–H and O–H groups in total. The van der Waals surface area contributed by atoms with E-state index in [4.69, 9.17) is 0 Å². The highest BCUT2D eigenvalue weighted by atomic mass is 15.1. The number of nitrogens with zero attached hydrogens (tertiary/aromatic N) is 16. The third kappa shape index (κ3) is 11.6. The molecule has 0 saturated carbocycles. The van der Waals surface area contributed by atoms with Crippen LogP contribution in [0.1, 0.15) is 66.8 Å². The summed E-state index contributed by atoms with van der Waals surface area (Å²) < 4.78 is 8.56. The SMILES string of the molecule is N#Cc1cccc(-c2cc(-n3c4ccccc4c4cc(-c5ccc(C#N)cc5C#N)ccc43)c(-n3c4ccc(-c5ccc(C#N)cc5C#N)cc4c4ccc(-c5cc(C#N)cc(C#N)c5-c5ccc6c7ccccc7n(-c7cc(-c8cccc(C#N)c8)c(C#N)cc7-n7c8ccccc8c8ccc(-c9ccc(C#N)cc9C#N)cc87)c6c5)cc43)cc2C#N)c1. The topological polar surface area (TPSA) is 305 Å². The Morgan fingerprint density at radius 1 is 0.153 bits per heavy atom. The minimum absolute atomic E-state index is 0.188. The van der Waals surface area contributed by atoms with Gasteiger partial charge in [0.2, 0.25) is 0 Å². The average molecular weight is 1570 g/mol. The molecule has 4 heterocycles. The summed E-state index contributed by atoms with van der Waals surface area (Å²) in [5, 5.41) is 135. The maximum absolute atomic E-state index is 11.8. The second-order valence-corrected chi connectivity index (χ2v) is 30.1. The summed E-state index contributed by atoms with van der Waals surface area (Å²) in [5.41, 5.74) is 20.3. The lowest BCUT2D eigenvalue weighted by atomic mass is 9.88. The van der Waals surface area contributed by atoms with Crippen molar-refractivity contribution in [3.8, 4) is 173 Å². The molecule has 0 bridgehead atoms. The summed E-state index contributed by atoms with van der Waals surface area (Å²) in [5.74, 6) is 0. The minimum atomic E-state index is 0.188. The summed E-state index contributed by atoms with van der Waals surface area (Å²) in [7, 11) is 0. The highest BCUT2D eigenvalue weighted by Crippen LogP contribution is 2.49. The Bertz CT molecular complexity index is 8810. The van der Waals surface area contributed by atoms with Gasteiger partial charge in [-0.05, 0) is 219 Å². The van der Waals surface area contributed by atoms with Crippen molar-refractivity contribution in [1.29, 1.82) is 63.1 Å². The predicted octanol–water partition coefficient (Wildman–Crippen LogP) is 24.2. The van der Waals surface area contributed by atoms with E-state index >= 15 is 0 Å². The molecular weight excluding hydrogens is 1520 g/mol. The molecule has 20 rings (SSSR count). The van der Waals surface area contributed by atoms with Gasteiger partial charge in [-0.2, -0.15) is 63.1 Å². The van der Waals surface area contributed by atoms with Gasteiger partial charge >= 0.3 is 0 Å². The van der Waals surface area contributed by atoms with E-state index in [0.29, 0.717) is 156 Å². The molecule has 0 aliphatic heterocycles. The Balaban J connectivity index is 0.863. The first-order chi connectivity index (χ1) is 60.9. The van der Waals surface area contributed by atoms with E-state index in [9.17, 15) is 63.1 Å². The van der Waals surface area contributed by atoms with E-state index in [1.54, 1.807) is 103 Å². The van der Waals surface area contributed by atoms with Gasteiger partial charge in [-0.3, -0.25) is 0 Å². The van der Waals surface area contributed by atoms with Crippen LogP contribution in [0, 0.1) is 136 Å². The average Bonchev–Trinajstić information content (AvgIpc) is 1.57.